The van der Waals surface area contributed by atoms with Crippen molar-refractivity contribution >= 4 is 23.6 Å². The van der Waals surface area contributed by atoms with E-state index in [1.54, 1.807) is 7.05 Å². The molecule has 2 rings (SSSR count). The molecule has 5 nitrogen and oxygen atoms in total. The van der Waals surface area contributed by atoms with Gasteiger partial charge in [0.1, 0.15) is 0 Å². The molecule has 2 aliphatic rings. The Bertz CT molecular complexity index is 319. The Morgan fingerprint density at radius 1 is 1.42 bits per heavy atom. The number of nitrogens with zero attached hydrogens (tertiary/aromatic N) is 1. The minimum atomic E-state index is 0.153. The molecular formula is C13H24N4OS. The third-order valence-corrected chi connectivity index (χ3v) is 4.78. The number of amides is 1. The van der Waals surface area contributed by atoms with E-state index in [0.29, 0.717) is 19.0 Å². The van der Waals surface area contributed by atoms with E-state index in [9.17, 15) is 4.79 Å². The summed E-state index contributed by atoms with van der Waals surface area (Å²) in [6.07, 6.45) is 4.09. The summed E-state index contributed by atoms with van der Waals surface area (Å²) < 4.78 is 0. The second kappa shape index (κ2) is 7.62. The first kappa shape index (κ1) is 14.5. The summed E-state index contributed by atoms with van der Waals surface area (Å²) in [5, 5.41) is 9.68. The first-order valence-corrected chi connectivity index (χ1v) is 8.25. The van der Waals surface area contributed by atoms with Crippen LogP contribution in [0.4, 0.5) is 0 Å². The van der Waals surface area contributed by atoms with Crippen LogP contribution in [0.1, 0.15) is 25.7 Å². The standard InChI is InChI=1S/C13H24N4OS/c1-14-13(16-8-10-4-6-19-7-5-10)17-11-2-3-12(18)15-9-11/h10-11H,2-9H2,1H3,(H,15,18)(H2,14,16,17). The minimum Gasteiger partial charge on any atom is -0.356 e. The molecule has 2 fully saturated rings. The number of guanidine groups is 1. The Balaban J connectivity index is 1.69. The Labute approximate surface area is 119 Å². The predicted molar refractivity (Wildman–Crippen MR) is 80.6 cm³/mol. The van der Waals surface area contributed by atoms with Crippen LogP contribution in [0.5, 0.6) is 0 Å². The summed E-state index contributed by atoms with van der Waals surface area (Å²) in [5.41, 5.74) is 0. The van der Waals surface area contributed by atoms with Gasteiger partial charge in [0.2, 0.25) is 5.91 Å². The van der Waals surface area contributed by atoms with Gasteiger partial charge in [0.15, 0.2) is 5.96 Å². The summed E-state index contributed by atoms with van der Waals surface area (Å²) in [6, 6.07) is 0.297. The maximum Gasteiger partial charge on any atom is 0.220 e. The van der Waals surface area contributed by atoms with Crippen molar-refractivity contribution in [1.29, 1.82) is 0 Å². The number of aliphatic imine (C=N–C) groups is 1. The molecule has 0 saturated carbocycles. The van der Waals surface area contributed by atoms with Crippen LogP contribution < -0.4 is 16.0 Å². The van der Waals surface area contributed by atoms with Gasteiger partial charge in [-0.3, -0.25) is 9.79 Å². The normalized spacial score (nSPS) is 25.8. The molecular weight excluding hydrogens is 260 g/mol. The smallest absolute Gasteiger partial charge is 0.220 e. The number of rotatable bonds is 3. The van der Waals surface area contributed by atoms with Gasteiger partial charge in [-0.25, -0.2) is 0 Å². The van der Waals surface area contributed by atoms with E-state index in [-0.39, 0.29) is 5.91 Å². The van der Waals surface area contributed by atoms with Gasteiger partial charge >= 0.3 is 0 Å². The van der Waals surface area contributed by atoms with Crippen LogP contribution in [0.2, 0.25) is 0 Å². The van der Waals surface area contributed by atoms with E-state index in [4.69, 9.17) is 0 Å². The summed E-state index contributed by atoms with van der Waals surface area (Å²) in [7, 11) is 1.80. The lowest BCUT2D eigenvalue weighted by atomic mass is 10.0. The van der Waals surface area contributed by atoms with Crippen molar-refractivity contribution in [3.63, 3.8) is 0 Å². The van der Waals surface area contributed by atoms with E-state index < -0.39 is 0 Å². The van der Waals surface area contributed by atoms with Crippen molar-refractivity contribution in [2.75, 3.05) is 31.6 Å². The van der Waals surface area contributed by atoms with Crippen molar-refractivity contribution in [3.8, 4) is 0 Å². The number of carbonyl (C=O) groups excluding carboxylic acids is 1. The monoisotopic (exact) mass is 284 g/mol. The molecule has 1 atom stereocenters. The van der Waals surface area contributed by atoms with Crippen LogP contribution in [0, 0.1) is 5.92 Å². The lowest BCUT2D eigenvalue weighted by Gasteiger charge is -2.27. The van der Waals surface area contributed by atoms with Gasteiger partial charge in [0.05, 0.1) is 0 Å². The van der Waals surface area contributed by atoms with Crippen molar-refractivity contribution in [3.05, 3.63) is 0 Å². The molecule has 0 spiro atoms. The molecule has 0 aliphatic carbocycles. The number of carbonyl (C=O) groups is 1. The highest BCUT2D eigenvalue weighted by molar-refractivity contribution is 7.99. The predicted octanol–water partition coefficient (Wildman–Crippen LogP) is 0.573. The Morgan fingerprint density at radius 3 is 2.84 bits per heavy atom. The van der Waals surface area contributed by atoms with Crippen molar-refractivity contribution < 1.29 is 4.79 Å². The summed E-state index contributed by atoms with van der Waals surface area (Å²) >= 11 is 2.05. The van der Waals surface area contributed by atoms with Crippen LogP contribution >= 0.6 is 11.8 Å². The van der Waals surface area contributed by atoms with Gasteiger partial charge < -0.3 is 16.0 Å². The Kier molecular flexibility index (Phi) is 5.82. The molecule has 0 radical (unpaired) electrons. The van der Waals surface area contributed by atoms with Gasteiger partial charge in [-0.2, -0.15) is 11.8 Å². The minimum absolute atomic E-state index is 0.153. The van der Waals surface area contributed by atoms with E-state index >= 15 is 0 Å². The van der Waals surface area contributed by atoms with Gasteiger partial charge in [-0.05, 0) is 36.7 Å². The average Bonchev–Trinajstić information content (AvgIpc) is 2.46. The molecule has 1 unspecified atom stereocenters. The highest BCUT2D eigenvalue weighted by atomic mass is 32.2. The molecule has 108 valence electrons. The number of thioether (sulfide) groups is 1. The molecule has 2 heterocycles. The average molecular weight is 284 g/mol. The zero-order valence-electron chi connectivity index (χ0n) is 11.6. The molecule has 1 amide bonds. The van der Waals surface area contributed by atoms with Crippen LogP contribution in [0.15, 0.2) is 4.99 Å². The van der Waals surface area contributed by atoms with Crippen LogP contribution in [-0.4, -0.2) is 49.6 Å². The largest absolute Gasteiger partial charge is 0.356 e. The highest BCUT2D eigenvalue weighted by Crippen LogP contribution is 2.21. The maximum atomic E-state index is 11.1. The van der Waals surface area contributed by atoms with Gasteiger partial charge in [0, 0.05) is 32.6 Å². The molecule has 0 aromatic rings. The fourth-order valence-corrected chi connectivity index (χ4v) is 3.64. The van der Waals surface area contributed by atoms with Gasteiger partial charge in [-0.1, -0.05) is 0 Å². The van der Waals surface area contributed by atoms with Gasteiger partial charge in [-0.15, -0.1) is 0 Å². The summed E-state index contributed by atoms with van der Waals surface area (Å²) in [4.78, 5) is 15.4. The molecule has 0 aromatic heterocycles. The molecule has 19 heavy (non-hydrogen) atoms. The number of piperidine rings is 1. The molecule has 0 bridgehead atoms. The van der Waals surface area contributed by atoms with Crippen LogP contribution in [-0.2, 0) is 4.79 Å². The Hall–Kier alpha value is -0.910. The highest BCUT2D eigenvalue weighted by Gasteiger charge is 2.19. The van der Waals surface area contributed by atoms with E-state index in [1.807, 2.05) is 0 Å². The second-order valence-corrected chi connectivity index (χ2v) is 6.42. The maximum absolute atomic E-state index is 11.1. The number of nitrogens with one attached hydrogen (secondary N) is 3. The second-order valence-electron chi connectivity index (χ2n) is 5.19. The first-order chi connectivity index (χ1) is 9.28. The van der Waals surface area contributed by atoms with Gasteiger partial charge in [0.25, 0.3) is 0 Å². The number of hydrogen-bond acceptors (Lipinski definition) is 3. The fourth-order valence-electron chi connectivity index (χ4n) is 2.44. The molecule has 0 aromatic carbocycles. The van der Waals surface area contributed by atoms with Crippen LogP contribution in [0.3, 0.4) is 0 Å². The zero-order valence-corrected chi connectivity index (χ0v) is 12.4. The lowest BCUT2D eigenvalue weighted by molar-refractivity contribution is -0.122. The third-order valence-electron chi connectivity index (χ3n) is 3.73. The topological polar surface area (TPSA) is 65.5 Å². The molecule has 2 saturated heterocycles. The number of hydrogen-bond donors (Lipinski definition) is 3. The molecule has 6 heteroatoms. The first-order valence-electron chi connectivity index (χ1n) is 7.09. The van der Waals surface area contributed by atoms with E-state index in [0.717, 1.165) is 24.8 Å². The summed E-state index contributed by atoms with van der Waals surface area (Å²) in [6.45, 7) is 1.69. The molecule has 3 N–H and O–H groups in total. The van der Waals surface area contributed by atoms with E-state index in [2.05, 4.69) is 32.7 Å². The van der Waals surface area contributed by atoms with Crippen molar-refractivity contribution in [2.24, 2.45) is 10.9 Å². The fraction of sp³-hybridized carbons (Fsp3) is 0.846. The quantitative estimate of drug-likeness (QED) is 0.524. The zero-order chi connectivity index (χ0) is 13.5. The lowest BCUT2D eigenvalue weighted by Crippen LogP contribution is -2.51. The SMILES string of the molecule is CN=C(NCC1CCSCC1)NC1CCC(=O)NC1. The third kappa shape index (κ3) is 4.93. The summed E-state index contributed by atoms with van der Waals surface area (Å²) in [5.74, 6) is 4.35. The van der Waals surface area contributed by atoms with E-state index in [1.165, 1.54) is 24.3 Å². The molecule has 2 aliphatic heterocycles. The van der Waals surface area contributed by atoms with Crippen molar-refractivity contribution in [2.45, 2.75) is 31.7 Å². The van der Waals surface area contributed by atoms with Crippen LogP contribution in [0.25, 0.3) is 0 Å². The Morgan fingerprint density at radius 2 is 2.21 bits per heavy atom. The van der Waals surface area contributed by atoms with Crippen molar-refractivity contribution in [1.82, 2.24) is 16.0 Å².